The average molecular weight is 465 g/mol. The molecule has 2 aliphatic heterocycles. The predicted molar refractivity (Wildman–Crippen MR) is 134 cm³/mol. The van der Waals surface area contributed by atoms with Gasteiger partial charge in [-0.05, 0) is 72.6 Å². The molecule has 6 rings (SSSR count). The third-order valence-electron chi connectivity index (χ3n) is 7.69. The van der Waals surface area contributed by atoms with Gasteiger partial charge in [-0.25, -0.2) is 14.9 Å². The van der Waals surface area contributed by atoms with Crippen molar-refractivity contribution in [2.75, 3.05) is 7.05 Å². The molecule has 1 unspecified atom stereocenters. The van der Waals surface area contributed by atoms with Crippen LogP contribution in [0.5, 0.6) is 5.75 Å². The van der Waals surface area contributed by atoms with Gasteiger partial charge in [0.1, 0.15) is 11.4 Å². The lowest BCUT2D eigenvalue weighted by atomic mass is 9.71. The van der Waals surface area contributed by atoms with Crippen LogP contribution in [0.25, 0.3) is 11.1 Å². The Labute approximate surface area is 205 Å². The zero-order valence-corrected chi connectivity index (χ0v) is 19.8. The monoisotopic (exact) mass is 464 g/mol. The Kier molecular flexibility index (Phi) is 5.05. The van der Waals surface area contributed by atoms with Gasteiger partial charge in [0, 0.05) is 13.5 Å². The summed E-state index contributed by atoms with van der Waals surface area (Å²) in [7, 11) is 1.79. The summed E-state index contributed by atoms with van der Waals surface area (Å²) in [4.78, 5) is 11.2. The molecule has 0 aromatic heterocycles. The summed E-state index contributed by atoms with van der Waals surface area (Å²) in [5.41, 5.74) is 9.80. The first-order valence-corrected chi connectivity index (χ1v) is 12.2. The molecule has 2 heterocycles. The van der Waals surface area contributed by atoms with Crippen molar-refractivity contribution in [3.05, 3.63) is 89.5 Å². The largest absolute Gasteiger partial charge is 0.487 e. The number of fused-ring (bicyclic) bond motifs is 2. The molecule has 2 N–H and O–H groups in total. The number of hydrogen-bond donors (Lipinski definition) is 1. The fraction of sp³-hybridized carbons (Fsp3) is 0.310. The lowest BCUT2D eigenvalue weighted by molar-refractivity contribution is -0.208. The number of aliphatic imine (C=N–C) groups is 1. The molecule has 3 aliphatic rings. The van der Waals surface area contributed by atoms with Gasteiger partial charge in [0.15, 0.2) is 0 Å². The van der Waals surface area contributed by atoms with Gasteiger partial charge >= 0.3 is 0 Å². The summed E-state index contributed by atoms with van der Waals surface area (Å²) < 4.78 is 6.78. The van der Waals surface area contributed by atoms with E-state index in [4.69, 9.17) is 20.3 Å². The van der Waals surface area contributed by atoms with Gasteiger partial charge in [-0.15, -0.1) is 0 Å². The minimum absolute atomic E-state index is 0.352. The Balaban J connectivity index is 1.37. The molecule has 3 aromatic carbocycles. The van der Waals surface area contributed by atoms with Crippen LogP contribution >= 0.6 is 0 Å². The maximum atomic E-state index is 9.33. The van der Waals surface area contributed by atoms with E-state index in [-0.39, 0.29) is 5.60 Å². The van der Waals surface area contributed by atoms with Crippen molar-refractivity contribution < 1.29 is 9.57 Å². The van der Waals surface area contributed by atoms with Crippen LogP contribution in [-0.2, 0) is 10.6 Å². The van der Waals surface area contributed by atoms with Gasteiger partial charge in [0.05, 0.1) is 17.2 Å². The molecule has 6 heteroatoms. The Hall–Kier alpha value is -3.82. The summed E-state index contributed by atoms with van der Waals surface area (Å²) in [5, 5.41) is 10.9. The highest BCUT2D eigenvalue weighted by molar-refractivity contribution is 5.79. The van der Waals surface area contributed by atoms with Gasteiger partial charge in [-0.1, -0.05) is 48.5 Å². The standard InChI is InChI=1S/C29H28N4O2/c1-33-27(31)32-29(35-33)19-28(14-12-22(13-15-28)21-7-3-2-4-8-21)34-26-11-10-24(17-25(26)29)23-9-5-6-20(16-23)18-30/h2-11,16-17,22H,12-15,19H2,1H3,(H2,31,32). The molecule has 35 heavy (non-hydrogen) atoms. The quantitative estimate of drug-likeness (QED) is 0.545. The maximum absolute atomic E-state index is 9.33. The van der Waals surface area contributed by atoms with Crippen LogP contribution in [0.15, 0.2) is 77.8 Å². The third kappa shape index (κ3) is 3.73. The van der Waals surface area contributed by atoms with Crippen LogP contribution in [0.2, 0.25) is 0 Å². The zero-order valence-electron chi connectivity index (χ0n) is 19.8. The molecule has 0 radical (unpaired) electrons. The number of nitrogens with two attached hydrogens (primary N) is 1. The maximum Gasteiger partial charge on any atom is 0.222 e. The topological polar surface area (TPSA) is 83.9 Å². The SMILES string of the molecule is CN1OC2(CC3(CCC(c4ccccc4)CC3)Oc3ccc(-c4cccc(C#N)c4)cc32)N=C1N. The van der Waals surface area contributed by atoms with Gasteiger partial charge in [0.25, 0.3) is 0 Å². The highest BCUT2D eigenvalue weighted by atomic mass is 16.7. The van der Waals surface area contributed by atoms with Crippen LogP contribution in [0.1, 0.15) is 54.7 Å². The minimum atomic E-state index is -0.922. The first-order chi connectivity index (χ1) is 17.0. The van der Waals surface area contributed by atoms with E-state index in [2.05, 4.69) is 42.5 Å². The summed E-state index contributed by atoms with van der Waals surface area (Å²) in [6.07, 6.45) is 4.60. The summed E-state index contributed by atoms with van der Waals surface area (Å²) in [6.45, 7) is 0. The van der Waals surface area contributed by atoms with E-state index in [0.717, 1.165) is 48.1 Å². The highest BCUT2D eigenvalue weighted by Gasteiger charge is 2.55. The summed E-state index contributed by atoms with van der Waals surface area (Å²) in [6, 6.07) is 26.7. The highest BCUT2D eigenvalue weighted by Crippen LogP contribution is 2.55. The molecule has 176 valence electrons. The number of nitriles is 1. The Morgan fingerprint density at radius 3 is 2.49 bits per heavy atom. The molecule has 1 saturated carbocycles. The fourth-order valence-corrected chi connectivity index (χ4v) is 5.89. The molecule has 1 atom stereocenters. The van der Waals surface area contributed by atoms with Gasteiger partial charge in [-0.2, -0.15) is 5.26 Å². The Bertz CT molecular complexity index is 1340. The minimum Gasteiger partial charge on any atom is -0.487 e. The summed E-state index contributed by atoms with van der Waals surface area (Å²) >= 11 is 0. The van der Waals surface area contributed by atoms with E-state index >= 15 is 0 Å². The Morgan fingerprint density at radius 2 is 1.77 bits per heavy atom. The van der Waals surface area contributed by atoms with Crippen LogP contribution in [0.4, 0.5) is 0 Å². The summed E-state index contributed by atoms with van der Waals surface area (Å²) in [5.74, 6) is 1.70. The number of benzene rings is 3. The predicted octanol–water partition coefficient (Wildman–Crippen LogP) is 5.45. The average Bonchev–Trinajstić information content (AvgIpc) is 3.17. The number of hydroxylamine groups is 2. The lowest BCUT2D eigenvalue weighted by Crippen LogP contribution is -2.50. The Morgan fingerprint density at radius 1 is 1.00 bits per heavy atom. The van der Waals surface area contributed by atoms with Crippen LogP contribution in [-0.4, -0.2) is 23.7 Å². The van der Waals surface area contributed by atoms with Crippen molar-refractivity contribution >= 4 is 5.96 Å². The number of rotatable bonds is 2. The molecule has 0 saturated heterocycles. The number of nitrogens with zero attached hydrogens (tertiary/aromatic N) is 3. The van der Waals surface area contributed by atoms with E-state index in [1.807, 2.05) is 36.4 Å². The number of guanidine groups is 1. The first kappa shape index (κ1) is 21.7. The van der Waals surface area contributed by atoms with Crippen molar-refractivity contribution in [2.24, 2.45) is 10.7 Å². The molecule has 2 spiro atoms. The third-order valence-corrected chi connectivity index (χ3v) is 7.69. The van der Waals surface area contributed by atoms with E-state index in [1.165, 1.54) is 5.56 Å². The molecular formula is C29H28N4O2. The molecule has 1 aliphatic carbocycles. The molecular weight excluding hydrogens is 436 g/mol. The van der Waals surface area contributed by atoms with Crippen molar-refractivity contribution in [1.29, 1.82) is 5.26 Å². The second kappa shape index (κ2) is 8.14. The molecule has 0 bridgehead atoms. The fourth-order valence-electron chi connectivity index (χ4n) is 5.89. The van der Waals surface area contributed by atoms with Crippen molar-refractivity contribution in [2.45, 2.75) is 49.3 Å². The normalized spacial score (nSPS) is 27.3. The molecule has 6 nitrogen and oxygen atoms in total. The van der Waals surface area contributed by atoms with Crippen molar-refractivity contribution in [3.63, 3.8) is 0 Å². The molecule has 3 aromatic rings. The zero-order chi connectivity index (χ0) is 24.0. The number of ether oxygens (including phenoxy) is 1. The van der Waals surface area contributed by atoms with Gasteiger partial charge in [-0.3, -0.25) is 0 Å². The van der Waals surface area contributed by atoms with Crippen LogP contribution < -0.4 is 10.5 Å². The van der Waals surface area contributed by atoms with Crippen molar-refractivity contribution in [1.82, 2.24) is 5.06 Å². The van der Waals surface area contributed by atoms with Gasteiger partial charge < -0.3 is 10.5 Å². The van der Waals surface area contributed by atoms with E-state index < -0.39 is 5.72 Å². The smallest absolute Gasteiger partial charge is 0.222 e. The van der Waals surface area contributed by atoms with E-state index in [0.29, 0.717) is 23.9 Å². The second-order valence-corrected chi connectivity index (χ2v) is 9.89. The second-order valence-electron chi connectivity index (χ2n) is 9.89. The molecule has 1 fully saturated rings. The molecule has 0 amide bonds. The van der Waals surface area contributed by atoms with E-state index in [1.54, 1.807) is 12.1 Å². The lowest BCUT2D eigenvalue weighted by Gasteiger charge is -2.48. The first-order valence-electron chi connectivity index (χ1n) is 12.2. The van der Waals surface area contributed by atoms with Crippen molar-refractivity contribution in [3.8, 4) is 22.9 Å². The number of hydrogen-bond acceptors (Lipinski definition) is 6. The van der Waals surface area contributed by atoms with E-state index in [9.17, 15) is 5.26 Å². The van der Waals surface area contributed by atoms with Crippen LogP contribution in [0, 0.1) is 11.3 Å². The van der Waals surface area contributed by atoms with Crippen LogP contribution in [0.3, 0.4) is 0 Å². The van der Waals surface area contributed by atoms with Gasteiger partial charge in [0.2, 0.25) is 11.7 Å².